The molecule has 1 unspecified atom stereocenters. The van der Waals surface area contributed by atoms with Crippen LogP contribution in [0.1, 0.15) is 32.3 Å². The van der Waals surface area contributed by atoms with Gasteiger partial charge in [0.25, 0.3) is 5.69 Å². The minimum Gasteiger partial charge on any atom is -0.468 e. The van der Waals surface area contributed by atoms with Crippen molar-refractivity contribution >= 4 is 44.5 Å². The number of hydrogen-bond acceptors (Lipinski definition) is 7. The van der Waals surface area contributed by atoms with Crippen LogP contribution in [0, 0.1) is 10.1 Å². The molecule has 0 aliphatic carbocycles. The lowest BCUT2D eigenvalue weighted by atomic mass is 9.93. The zero-order valence-corrected chi connectivity index (χ0v) is 16.2. The number of ether oxygens (including phenoxy) is 2. The highest BCUT2D eigenvalue weighted by Gasteiger charge is 2.40. The van der Waals surface area contributed by atoms with E-state index in [1.807, 2.05) is 0 Å². The normalized spacial score (nSPS) is 12.5. The zero-order chi connectivity index (χ0) is 19.6. The van der Waals surface area contributed by atoms with Gasteiger partial charge < -0.3 is 9.47 Å². The van der Waals surface area contributed by atoms with E-state index in [2.05, 4.69) is 20.9 Å². The monoisotopic (exact) mass is 424 g/mol. The number of hydrogen-bond donors (Lipinski definition) is 0. The predicted octanol–water partition coefficient (Wildman–Crippen LogP) is 3.50. The first-order valence-corrected chi connectivity index (χ1v) is 8.37. The Hall–Kier alpha value is -2.55. The van der Waals surface area contributed by atoms with Crippen LogP contribution in [0.5, 0.6) is 0 Å². The van der Waals surface area contributed by atoms with E-state index >= 15 is 0 Å². The third-order valence-corrected chi connectivity index (χ3v) is 3.91. The Bertz CT molecular complexity index is 891. The van der Waals surface area contributed by atoms with Crippen molar-refractivity contribution in [2.75, 3.05) is 7.11 Å². The topological polar surface area (TPSA) is 109 Å². The highest BCUT2D eigenvalue weighted by atomic mass is 79.9. The lowest BCUT2D eigenvalue weighted by Gasteiger charge is -2.23. The SMILES string of the molecule is COC(=O)C(C(=O)OC(C)(C)C)c1c([N+](=O)[O-])cnc2ccc(Br)cc12. The summed E-state index contributed by atoms with van der Waals surface area (Å²) in [7, 11) is 1.10. The predicted molar refractivity (Wildman–Crippen MR) is 96.7 cm³/mol. The highest BCUT2D eigenvalue weighted by molar-refractivity contribution is 9.10. The summed E-state index contributed by atoms with van der Waals surface area (Å²) >= 11 is 3.29. The number of benzene rings is 1. The summed E-state index contributed by atoms with van der Waals surface area (Å²) in [5, 5.41) is 11.8. The number of esters is 2. The molecular formula is C17H17BrN2O6. The molecule has 0 bridgehead atoms. The quantitative estimate of drug-likeness (QED) is 0.319. The molecule has 0 fully saturated rings. The first-order chi connectivity index (χ1) is 12.0. The summed E-state index contributed by atoms with van der Waals surface area (Å²) in [6, 6.07) is 4.88. The van der Waals surface area contributed by atoms with Crippen LogP contribution in [-0.2, 0) is 19.1 Å². The molecular weight excluding hydrogens is 408 g/mol. The summed E-state index contributed by atoms with van der Waals surface area (Å²) in [4.78, 5) is 39.9. The Balaban J connectivity index is 2.81. The number of pyridine rings is 1. The fourth-order valence-corrected chi connectivity index (χ4v) is 2.80. The van der Waals surface area contributed by atoms with E-state index in [0.717, 1.165) is 13.3 Å². The molecule has 9 heteroatoms. The van der Waals surface area contributed by atoms with E-state index in [4.69, 9.17) is 9.47 Å². The number of fused-ring (bicyclic) bond motifs is 1. The van der Waals surface area contributed by atoms with Crippen LogP contribution in [0.3, 0.4) is 0 Å². The molecule has 2 rings (SSSR count). The third-order valence-electron chi connectivity index (χ3n) is 3.42. The second kappa shape index (κ2) is 7.36. The first kappa shape index (κ1) is 19.8. The second-order valence-corrected chi connectivity index (χ2v) is 7.38. The lowest BCUT2D eigenvalue weighted by Crippen LogP contribution is -2.32. The molecule has 0 N–H and O–H groups in total. The molecule has 2 aromatic rings. The number of carbonyl (C=O) groups is 2. The fourth-order valence-electron chi connectivity index (χ4n) is 2.43. The van der Waals surface area contributed by atoms with Gasteiger partial charge in [-0.1, -0.05) is 15.9 Å². The maximum Gasteiger partial charge on any atom is 0.325 e. The summed E-state index contributed by atoms with van der Waals surface area (Å²) in [6.45, 7) is 4.90. The van der Waals surface area contributed by atoms with Crippen molar-refractivity contribution in [3.05, 3.63) is 44.5 Å². The molecule has 0 spiro atoms. The van der Waals surface area contributed by atoms with E-state index in [0.29, 0.717) is 9.99 Å². The molecule has 1 aromatic heterocycles. The van der Waals surface area contributed by atoms with E-state index in [9.17, 15) is 19.7 Å². The van der Waals surface area contributed by atoms with Crippen molar-refractivity contribution in [1.29, 1.82) is 0 Å². The number of aromatic nitrogens is 1. The Morgan fingerprint density at radius 2 is 1.92 bits per heavy atom. The molecule has 0 aliphatic rings. The lowest BCUT2D eigenvalue weighted by molar-refractivity contribution is -0.385. The minimum absolute atomic E-state index is 0.109. The molecule has 0 aliphatic heterocycles. The van der Waals surface area contributed by atoms with Gasteiger partial charge in [0, 0.05) is 9.86 Å². The van der Waals surface area contributed by atoms with Gasteiger partial charge in [0.1, 0.15) is 11.8 Å². The Kier molecular flexibility index (Phi) is 5.60. The van der Waals surface area contributed by atoms with Crippen LogP contribution in [0.15, 0.2) is 28.9 Å². The Morgan fingerprint density at radius 3 is 2.46 bits per heavy atom. The van der Waals surface area contributed by atoms with Crippen LogP contribution in [0.4, 0.5) is 5.69 Å². The maximum absolute atomic E-state index is 12.7. The maximum atomic E-state index is 12.7. The summed E-state index contributed by atoms with van der Waals surface area (Å²) in [6.07, 6.45) is 1.02. The average Bonchev–Trinajstić information content (AvgIpc) is 2.53. The molecule has 26 heavy (non-hydrogen) atoms. The molecule has 1 atom stereocenters. The smallest absolute Gasteiger partial charge is 0.325 e. The Morgan fingerprint density at radius 1 is 1.27 bits per heavy atom. The van der Waals surface area contributed by atoms with Gasteiger partial charge in [0.05, 0.1) is 23.1 Å². The standard InChI is InChI=1S/C17H17BrN2O6/c1-17(2,3)26-16(22)14(15(21)25-4)13-10-7-9(18)5-6-11(10)19-8-12(13)20(23)24/h5-8,14H,1-4H3. The fraction of sp³-hybridized carbons (Fsp3) is 0.353. The van der Waals surface area contributed by atoms with Crippen LogP contribution in [0.2, 0.25) is 0 Å². The van der Waals surface area contributed by atoms with E-state index in [-0.39, 0.29) is 10.9 Å². The van der Waals surface area contributed by atoms with Crippen LogP contribution >= 0.6 is 15.9 Å². The molecule has 0 radical (unpaired) electrons. The van der Waals surface area contributed by atoms with Crippen molar-refractivity contribution in [2.24, 2.45) is 0 Å². The molecule has 8 nitrogen and oxygen atoms in total. The second-order valence-electron chi connectivity index (χ2n) is 6.47. The number of carbonyl (C=O) groups excluding carboxylic acids is 2. The van der Waals surface area contributed by atoms with Crippen molar-refractivity contribution in [1.82, 2.24) is 4.98 Å². The van der Waals surface area contributed by atoms with E-state index in [1.165, 1.54) is 0 Å². The minimum atomic E-state index is -1.61. The molecule has 1 aromatic carbocycles. The summed E-state index contributed by atoms with van der Waals surface area (Å²) in [5.41, 5.74) is -1.06. The van der Waals surface area contributed by atoms with Gasteiger partial charge in [-0.15, -0.1) is 0 Å². The van der Waals surface area contributed by atoms with Crippen LogP contribution in [0.25, 0.3) is 10.9 Å². The van der Waals surface area contributed by atoms with Gasteiger partial charge in [-0.3, -0.25) is 19.7 Å². The van der Waals surface area contributed by atoms with Gasteiger partial charge >= 0.3 is 11.9 Å². The molecule has 0 saturated heterocycles. The van der Waals surface area contributed by atoms with Crippen molar-refractivity contribution in [3.63, 3.8) is 0 Å². The zero-order valence-electron chi connectivity index (χ0n) is 14.6. The highest BCUT2D eigenvalue weighted by Crippen LogP contribution is 2.36. The van der Waals surface area contributed by atoms with Crippen LogP contribution < -0.4 is 0 Å². The van der Waals surface area contributed by atoms with Crippen LogP contribution in [-0.4, -0.2) is 34.6 Å². The largest absolute Gasteiger partial charge is 0.468 e. The van der Waals surface area contributed by atoms with Gasteiger partial charge in [-0.25, -0.2) is 4.98 Å². The van der Waals surface area contributed by atoms with Gasteiger partial charge in [0.2, 0.25) is 0 Å². The molecule has 138 valence electrons. The number of halogens is 1. The molecule has 0 amide bonds. The summed E-state index contributed by atoms with van der Waals surface area (Å²) in [5.74, 6) is -3.49. The third kappa shape index (κ3) is 4.16. The Labute approximate surface area is 157 Å². The number of nitro groups is 1. The van der Waals surface area contributed by atoms with E-state index in [1.54, 1.807) is 39.0 Å². The molecule has 1 heterocycles. The van der Waals surface area contributed by atoms with Crippen molar-refractivity contribution < 1.29 is 24.0 Å². The van der Waals surface area contributed by atoms with E-state index < -0.39 is 34.1 Å². The first-order valence-electron chi connectivity index (χ1n) is 7.58. The summed E-state index contributed by atoms with van der Waals surface area (Å²) < 4.78 is 10.6. The van der Waals surface area contributed by atoms with Gasteiger partial charge in [-0.05, 0) is 39.0 Å². The van der Waals surface area contributed by atoms with Gasteiger partial charge in [0.15, 0.2) is 5.92 Å². The van der Waals surface area contributed by atoms with Gasteiger partial charge in [-0.2, -0.15) is 0 Å². The average molecular weight is 425 g/mol. The molecule has 0 saturated carbocycles. The van der Waals surface area contributed by atoms with Crippen molar-refractivity contribution in [2.45, 2.75) is 32.3 Å². The number of methoxy groups -OCH3 is 1. The number of nitrogens with zero attached hydrogens (tertiary/aromatic N) is 2. The van der Waals surface area contributed by atoms with Crippen molar-refractivity contribution in [3.8, 4) is 0 Å². The number of rotatable bonds is 4.